The van der Waals surface area contributed by atoms with Gasteiger partial charge in [0.15, 0.2) is 0 Å². The number of rotatable bonds is 0. The van der Waals surface area contributed by atoms with Crippen molar-refractivity contribution in [1.29, 1.82) is 0 Å². The van der Waals surface area contributed by atoms with Gasteiger partial charge in [0, 0.05) is 17.8 Å². The first-order valence-corrected chi connectivity index (χ1v) is 6.39. The number of para-hydroxylation sites is 1. The Balaban J connectivity index is 2.49. The van der Waals surface area contributed by atoms with E-state index in [9.17, 15) is 0 Å². The Labute approximate surface area is 110 Å². The molecule has 0 atom stereocenters. The smallest absolute Gasteiger partial charge is 0.0422 e. The normalized spacial score (nSPS) is 20.6. The Bertz CT molecular complexity index is 513. The molecule has 0 aliphatic carbocycles. The molecule has 0 spiro atoms. The standard InChI is InChI=1S/C17H21N/c1-13-12-14(17(2,3)4)8-7-11-18-16-10-6-5-9-15(13)16/h5-10,12,18H,1,11H2,2-4H3/b8-7-,14-12+. The van der Waals surface area contributed by atoms with Crippen molar-refractivity contribution in [2.24, 2.45) is 5.41 Å². The summed E-state index contributed by atoms with van der Waals surface area (Å²) in [7, 11) is 0. The molecule has 1 aromatic carbocycles. The maximum atomic E-state index is 4.21. The Hall–Kier alpha value is -1.76. The average molecular weight is 239 g/mol. The number of benzene rings is 1. The second-order valence-corrected chi connectivity index (χ2v) is 5.70. The van der Waals surface area contributed by atoms with Crippen molar-refractivity contribution in [2.45, 2.75) is 20.8 Å². The quantitative estimate of drug-likeness (QED) is 0.694. The molecular weight excluding hydrogens is 218 g/mol. The van der Waals surface area contributed by atoms with Crippen molar-refractivity contribution in [3.05, 3.63) is 60.2 Å². The third-order valence-corrected chi connectivity index (χ3v) is 3.18. The molecule has 0 fully saturated rings. The Morgan fingerprint density at radius 3 is 2.61 bits per heavy atom. The summed E-state index contributed by atoms with van der Waals surface area (Å²) in [5.74, 6) is 0. The van der Waals surface area contributed by atoms with Gasteiger partial charge in [-0.25, -0.2) is 0 Å². The molecule has 1 aliphatic rings. The van der Waals surface area contributed by atoms with E-state index in [4.69, 9.17) is 0 Å². The van der Waals surface area contributed by atoms with E-state index in [2.05, 4.69) is 75.2 Å². The minimum absolute atomic E-state index is 0.138. The van der Waals surface area contributed by atoms with Crippen LogP contribution in [0.4, 0.5) is 5.69 Å². The highest BCUT2D eigenvalue weighted by molar-refractivity contribution is 5.82. The Kier molecular flexibility index (Phi) is 3.42. The van der Waals surface area contributed by atoms with Gasteiger partial charge in [0.2, 0.25) is 0 Å². The summed E-state index contributed by atoms with van der Waals surface area (Å²) in [4.78, 5) is 0. The molecule has 1 nitrogen and oxygen atoms in total. The van der Waals surface area contributed by atoms with Gasteiger partial charge in [-0.3, -0.25) is 0 Å². The zero-order valence-electron chi connectivity index (χ0n) is 11.5. The number of hydrogen-bond donors (Lipinski definition) is 1. The van der Waals surface area contributed by atoms with Crippen LogP contribution < -0.4 is 5.32 Å². The highest BCUT2D eigenvalue weighted by Gasteiger charge is 2.16. The summed E-state index contributed by atoms with van der Waals surface area (Å²) in [6.07, 6.45) is 6.57. The number of anilines is 1. The molecule has 0 saturated heterocycles. The van der Waals surface area contributed by atoms with Gasteiger partial charge >= 0.3 is 0 Å². The van der Waals surface area contributed by atoms with Crippen molar-refractivity contribution in [2.75, 3.05) is 11.9 Å². The molecule has 1 heterocycles. The molecule has 1 heteroatoms. The maximum Gasteiger partial charge on any atom is 0.0422 e. The molecule has 1 N–H and O–H groups in total. The van der Waals surface area contributed by atoms with Crippen LogP contribution in [-0.4, -0.2) is 6.54 Å². The highest BCUT2D eigenvalue weighted by atomic mass is 14.9. The van der Waals surface area contributed by atoms with Gasteiger partial charge in [-0.1, -0.05) is 63.8 Å². The second kappa shape index (κ2) is 4.85. The van der Waals surface area contributed by atoms with Gasteiger partial charge in [0.1, 0.15) is 0 Å². The fourth-order valence-corrected chi connectivity index (χ4v) is 2.05. The Morgan fingerprint density at radius 1 is 1.17 bits per heavy atom. The van der Waals surface area contributed by atoms with E-state index >= 15 is 0 Å². The fourth-order valence-electron chi connectivity index (χ4n) is 2.05. The number of allylic oxidation sites excluding steroid dienone is 4. The van der Waals surface area contributed by atoms with Crippen LogP contribution in [-0.2, 0) is 0 Å². The minimum atomic E-state index is 0.138. The van der Waals surface area contributed by atoms with E-state index in [1.54, 1.807) is 0 Å². The SMILES string of the molecule is C=C1/C=C(C(C)(C)C)\C=C/CNc2ccccc21. The van der Waals surface area contributed by atoms with Crippen LogP contribution in [0.3, 0.4) is 0 Å². The van der Waals surface area contributed by atoms with Gasteiger partial charge in [-0.05, 0) is 22.6 Å². The lowest BCUT2D eigenvalue weighted by Crippen LogP contribution is -2.07. The summed E-state index contributed by atoms with van der Waals surface area (Å²) in [6.45, 7) is 11.7. The van der Waals surface area contributed by atoms with Crippen LogP contribution in [0.2, 0.25) is 0 Å². The van der Waals surface area contributed by atoms with Gasteiger partial charge in [0.05, 0.1) is 0 Å². The lowest BCUT2D eigenvalue weighted by Gasteiger charge is -2.20. The lowest BCUT2D eigenvalue weighted by molar-refractivity contribution is 0.517. The Morgan fingerprint density at radius 2 is 1.89 bits per heavy atom. The maximum absolute atomic E-state index is 4.21. The van der Waals surface area contributed by atoms with E-state index in [1.807, 2.05) is 0 Å². The summed E-state index contributed by atoms with van der Waals surface area (Å²) in [5, 5.41) is 3.43. The monoisotopic (exact) mass is 239 g/mol. The molecule has 1 aromatic rings. The average Bonchev–Trinajstić information content (AvgIpc) is 2.39. The van der Waals surface area contributed by atoms with Gasteiger partial charge in [-0.15, -0.1) is 0 Å². The summed E-state index contributed by atoms with van der Waals surface area (Å²) in [5.41, 5.74) is 4.85. The molecule has 0 unspecified atom stereocenters. The van der Waals surface area contributed by atoms with Crippen LogP contribution in [0.5, 0.6) is 0 Å². The molecule has 94 valence electrons. The first-order chi connectivity index (χ1) is 8.48. The fraction of sp³-hybridized carbons (Fsp3) is 0.294. The van der Waals surface area contributed by atoms with E-state index in [-0.39, 0.29) is 5.41 Å². The van der Waals surface area contributed by atoms with Crippen LogP contribution >= 0.6 is 0 Å². The van der Waals surface area contributed by atoms with E-state index in [0.29, 0.717) is 0 Å². The van der Waals surface area contributed by atoms with E-state index in [1.165, 1.54) is 11.1 Å². The lowest BCUT2D eigenvalue weighted by atomic mass is 9.84. The van der Waals surface area contributed by atoms with Crippen LogP contribution in [0.1, 0.15) is 26.3 Å². The molecular formula is C17H21N. The van der Waals surface area contributed by atoms with Crippen LogP contribution in [0.25, 0.3) is 5.57 Å². The van der Waals surface area contributed by atoms with Gasteiger partial charge in [0.25, 0.3) is 0 Å². The summed E-state index contributed by atoms with van der Waals surface area (Å²) < 4.78 is 0. The van der Waals surface area contributed by atoms with Crippen LogP contribution in [0, 0.1) is 5.41 Å². The molecule has 2 rings (SSSR count). The number of fused-ring (bicyclic) bond motifs is 1. The molecule has 1 aliphatic heterocycles. The predicted octanol–water partition coefficient (Wildman–Crippen LogP) is 4.65. The predicted molar refractivity (Wildman–Crippen MR) is 80.6 cm³/mol. The highest BCUT2D eigenvalue weighted by Crippen LogP contribution is 2.32. The first kappa shape index (κ1) is 12.7. The van der Waals surface area contributed by atoms with Crippen molar-refractivity contribution >= 4 is 11.3 Å². The van der Waals surface area contributed by atoms with Crippen molar-refractivity contribution in [3.8, 4) is 0 Å². The summed E-state index contributed by atoms with van der Waals surface area (Å²) >= 11 is 0. The van der Waals surface area contributed by atoms with Crippen molar-refractivity contribution in [1.82, 2.24) is 0 Å². The number of hydrogen-bond acceptors (Lipinski definition) is 1. The molecule has 0 bridgehead atoms. The minimum Gasteiger partial charge on any atom is -0.381 e. The second-order valence-electron chi connectivity index (χ2n) is 5.70. The molecule has 0 radical (unpaired) electrons. The van der Waals surface area contributed by atoms with Gasteiger partial charge < -0.3 is 5.32 Å². The van der Waals surface area contributed by atoms with Crippen LogP contribution in [0.15, 0.2) is 54.6 Å². The van der Waals surface area contributed by atoms with E-state index < -0.39 is 0 Å². The molecule has 0 saturated carbocycles. The number of nitrogens with one attached hydrogen (secondary N) is 1. The zero-order valence-corrected chi connectivity index (χ0v) is 11.5. The van der Waals surface area contributed by atoms with Crippen molar-refractivity contribution < 1.29 is 0 Å². The van der Waals surface area contributed by atoms with E-state index in [0.717, 1.165) is 17.8 Å². The molecule has 0 amide bonds. The molecule has 0 aromatic heterocycles. The largest absolute Gasteiger partial charge is 0.381 e. The summed E-state index contributed by atoms with van der Waals surface area (Å²) in [6, 6.07) is 8.33. The van der Waals surface area contributed by atoms with Gasteiger partial charge in [-0.2, -0.15) is 0 Å². The topological polar surface area (TPSA) is 12.0 Å². The molecule has 18 heavy (non-hydrogen) atoms. The van der Waals surface area contributed by atoms with Crippen molar-refractivity contribution in [3.63, 3.8) is 0 Å². The third kappa shape index (κ3) is 2.73. The third-order valence-electron chi connectivity index (χ3n) is 3.18. The zero-order chi connectivity index (χ0) is 13.2. The first-order valence-electron chi connectivity index (χ1n) is 6.39.